The lowest BCUT2D eigenvalue weighted by Gasteiger charge is -2.19. The van der Waals surface area contributed by atoms with E-state index in [-0.39, 0.29) is 6.10 Å². The van der Waals surface area contributed by atoms with Gasteiger partial charge in [-0.3, -0.25) is 0 Å². The average molecular weight is 260 g/mol. The van der Waals surface area contributed by atoms with Gasteiger partial charge in [0.05, 0.1) is 11.8 Å². The Morgan fingerprint density at radius 3 is 2.84 bits per heavy atom. The van der Waals surface area contributed by atoms with Crippen molar-refractivity contribution in [3.8, 4) is 0 Å². The average Bonchev–Trinajstić information content (AvgIpc) is 2.95. The van der Waals surface area contributed by atoms with Crippen LogP contribution in [-0.4, -0.2) is 38.9 Å². The summed E-state index contributed by atoms with van der Waals surface area (Å²) in [5.74, 6) is 1.05. The molecule has 1 N–H and O–H groups in total. The van der Waals surface area contributed by atoms with Crippen LogP contribution in [0.2, 0.25) is 0 Å². The van der Waals surface area contributed by atoms with Gasteiger partial charge in [0.2, 0.25) is 0 Å². The van der Waals surface area contributed by atoms with Gasteiger partial charge < -0.3 is 10.0 Å². The number of aliphatic hydroxyl groups excluding tert-OH is 1. The number of rotatable bonds is 2. The Morgan fingerprint density at radius 2 is 2.21 bits per heavy atom. The van der Waals surface area contributed by atoms with E-state index in [2.05, 4.69) is 34.9 Å². The van der Waals surface area contributed by atoms with Crippen molar-refractivity contribution in [2.75, 3.05) is 18.0 Å². The highest BCUT2D eigenvalue weighted by molar-refractivity contribution is 5.57. The molecule has 0 radical (unpaired) electrons. The zero-order valence-electron chi connectivity index (χ0n) is 11.7. The molecule has 0 saturated carbocycles. The van der Waals surface area contributed by atoms with E-state index in [1.54, 1.807) is 0 Å². The quantitative estimate of drug-likeness (QED) is 0.888. The van der Waals surface area contributed by atoms with Crippen LogP contribution in [0.1, 0.15) is 30.3 Å². The fraction of sp³-hybridized carbons (Fsp3) is 0.571. The minimum atomic E-state index is -0.231. The number of anilines is 1. The summed E-state index contributed by atoms with van der Waals surface area (Å²) in [6, 6.07) is 2.09. The molecule has 3 rings (SSSR count). The maximum atomic E-state index is 9.73. The van der Waals surface area contributed by atoms with E-state index >= 15 is 0 Å². The Balaban J connectivity index is 2.18. The predicted octanol–water partition coefficient (Wildman–Crippen LogP) is 1.48. The number of hydrogen-bond acceptors (Lipinski definition) is 4. The first-order valence-electron chi connectivity index (χ1n) is 6.89. The van der Waals surface area contributed by atoms with Crippen molar-refractivity contribution in [1.82, 2.24) is 14.6 Å². The molecule has 2 aromatic heterocycles. The first-order valence-corrected chi connectivity index (χ1v) is 6.89. The van der Waals surface area contributed by atoms with Gasteiger partial charge in [-0.05, 0) is 26.7 Å². The molecule has 5 nitrogen and oxygen atoms in total. The highest BCUT2D eigenvalue weighted by Crippen LogP contribution is 2.24. The molecule has 102 valence electrons. The topological polar surface area (TPSA) is 53.7 Å². The second-order valence-electron chi connectivity index (χ2n) is 5.29. The van der Waals surface area contributed by atoms with E-state index in [1.807, 2.05) is 11.4 Å². The molecule has 1 saturated heterocycles. The van der Waals surface area contributed by atoms with Crippen molar-refractivity contribution in [2.45, 2.75) is 39.7 Å². The van der Waals surface area contributed by atoms with Gasteiger partial charge in [0.15, 0.2) is 5.65 Å². The summed E-state index contributed by atoms with van der Waals surface area (Å²) in [5, 5.41) is 14.3. The Kier molecular flexibility index (Phi) is 2.93. The Bertz CT molecular complexity index is 619. The molecule has 0 aromatic carbocycles. The lowest BCUT2D eigenvalue weighted by atomic mass is 10.2. The second kappa shape index (κ2) is 4.49. The number of aromatic nitrogens is 3. The van der Waals surface area contributed by atoms with E-state index in [1.165, 1.54) is 0 Å². The van der Waals surface area contributed by atoms with E-state index in [9.17, 15) is 5.11 Å². The van der Waals surface area contributed by atoms with Crippen LogP contribution in [0.3, 0.4) is 0 Å². The standard InChI is InChI=1S/C14H20N4O/c1-4-11-7-13(17-6-5-12(19)8-17)18-14(15-11)9(2)10(3)16-18/h7,12,19H,4-6,8H2,1-3H3. The number of β-amino-alcohol motifs (C(OH)–C–C–N with tert-alkyl or cyclic N) is 1. The highest BCUT2D eigenvalue weighted by Gasteiger charge is 2.24. The highest BCUT2D eigenvalue weighted by atomic mass is 16.3. The van der Waals surface area contributed by atoms with Crippen molar-refractivity contribution in [3.63, 3.8) is 0 Å². The summed E-state index contributed by atoms with van der Waals surface area (Å²) in [4.78, 5) is 6.88. The number of nitrogens with zero attached hydrogens (tertiary/aromatic N) is 4. The molecule has 3 heterocycles. The molecule has 1 aliphatic rings. The zero-order chi connectivity index (χ0) is 13.6. The van der Waals surface area contributed by atoms with E-state index in [0.717, 1.165) is 47.8 Å². The molecule has 2 aromatic rings. The van der Waals surface area contributed by atoms with Gasteiger partial charge in [-0.25, -0.2) is 4.98 Å². The van der Waals surface area contributed by atoms with Crippen LogP contribution in [0.5, 0.6) is 0 Å². The summed E-state index contributed by atoms with van der Waals surface area (Å²) in [7, 11) is 0. The van der Waals surface area contributed by atoms with Crippen LogP contribution in [-0.2, 0) is 6.42 Å². The zero-order valence-corrected chi connectivity index (χ0v) is 11.7. The van der Waals surface area contributed by atoms with Crippen molar-refractivity contribution in [1.29, 1.82) is 0 Å². The molecular weight excluding hydrogens is 240 g/mol. The third-order valence-electron chi connectivity index (χ3n) is 3.94. The van der Waals surface area contributed by atoms with Gasteiger partial charge in [0, 0.05) is 30.4 Å². The number of aliphatic hydroxyl groups is 1. The van der Waals surface area contributed by atoms with E-state index in [0.29, 0.717) is 6.54 Å². The van der Waals surface area contributed by atoms with E-state index < -0.39 is 0 Å². The molecule has 19 heavy (non-hydrogen) atoms. The van der Waals surface area contributed by atoms with Gasteiger partial charge in [0.25, 0.3) is 0 Å². The predicted molar refractivity (Wildman–Crippen MR) is 74.7 cm³/mol. The Morgan fingerprint density at radius 1 is 1.42 bits per heavy atom. The molecule has 0 spiro atoms. The Hall–Kier alpha value is -1.62. The smallest absolute Gasteiger partial charge is 0.160 e. The molecule has 0 aliphatic carbocycles. The minimum Gasteiger partial charge on any atom is -0.391 e. The van der Waals surface area contributed by atoms with Gasteiger partial charge >= 0.3 is 0 Å². The van der Waals surface area contributed by atoms with Gasteiger partial charge in [-0.15, -0.1) is 0 Å². The van der Waals surface area contributed by atoms with E-state index in [4.69, 9.17) is 0 Å². The largest absolute Gasteiger partial charge is 0.391 e. The van der Waals surface area contributed by atoms with Crippen LogP contribution in [0.15, 0.2) is 6.07 Å². The van der Waals surface area contributed by atoms with Crippen molar-refractivity contribution in [3.05, 3.63) is 23.0 Å². The molecule has 5 heteroatoms. The molecule has 1 fully saturated rings. The van der Waals surface area contributed by atoms with Crippen molar-refractivity contribution >= 4 is 11.5 Å². The van der Waals surface area contributed by atoms with Crippen molar-refractivity contribution < 1.29 is 5.11 Å². The lowest BCUT2D eigenvalue weighted by molar-refractivity contribution is 0.198. The summed E-state index contributed by atoms with van der Waals surface area (Å²) in [5.41, 5.74) is 4.16. The summed E-state index contributed by atoms with van der Waals surface area (Å²) in [6.45, 7) is 7.74. The molecule has 1 atom stereocenters. The SMILES string of the molecule is CCc1cc(N2CCC(O)C2)n2nc(C)c(C)c2n1. The summed E-state index contributed by atoms with van der Waals surface area (Å²) < 4.78 is 1.92. The Labute approximate surface area is 112 Å². The van der Waals surface area contributed by atoms with Crippen LogP contribution in [0.4, 0.5) is 5.82 Å². The molecule has 1 aliphatic heterocycles. The van der Waals surface area contributed by atoms with Gasteiger partial charge in [0.1, 0.15) is 5.82 Å². The van der Waals surface area contributed by atoms with Crippen LogP contribution < -0.4 is 4.90 Å². The normalized spacial score (nSPS) is 19.6. The van der Waals surface area contributed by atoms with Gasteiger partial charge in [-0.2, -0.15) is 9.61 Å². The maximum absolute atomic E-state index is 9.73. The van der Waals surface area contributed by atoms with Crippen LogP contribution >= 0.6 is 0 Å². The third kappa shape index (κ3) is 1.98. The second-order valence-corrected chi connectivity index (χ2v) is 5.29. The number of fused-ring (bicyclic) bond motifs is 1. The first kappa shape index (κ1) is 12.4. The maximum Gasteiger partial charge on any atom is 0.160 e. The van der Waals surface area contributed by atoms with Crippen molar-refractivity contribution in [2.24, 2.45) is 0 Å². The third-order valence-corrected chi connectivity index (χ3v) is 3.94. The van der Waals surface area contributed by atoms with Crippen LogP contribution in [0.25, 0.3) is 5.65 Å². The summed E-state index contributed by atoms with van der Waals surface area (Å²) >= 11 is 0. The minimum absolute atomic E-state index is 0.231. The lowest BCUT2D eigenvalue weighted by Crippen LogP contribution is -2.24. The molecule has 0 bridgehead atoms. The number of hydrogen-bond donors (Lipinski definition) is 1. The molecular formula is C14H20N4O. The first-order chi connectivity index (χ1) is 9.10. The van der Waals surface area contributed by atoms with Crippen LogP contribution in [0, 0.1) is 13.8 Å². The molecule has 0 amide bonds. The fourth-order valence-electron chi connectivity index (χ4n) is 2.62. The summed E-state index contributed by atoms with van der Waals surface area (Å²) in [6.07, 6.45) is 1.50. The number of aryl methyl sites for hydroxylation is 3. The fourth-order valence-corrected chi connectivity index (χ4v) is 2.62. The van der Waals surface area contributed by atoms with Gasteiger partial charge in [-0.1, -0.05) is 6.92 Å². The molecule has 1 unspecified atom stereocenters. The monoisotopic (exact) mass is 260 g/mol.